The van der Waals surface area contributed by atoms with Crippen LogP contribution in [0.25, 0.3) is 86.8 Å². The van der Waals surface area contributed by atoms with E-state index in [0.717, 1.165) is 77.0 Å². The van der Waals surface area contributed by atoms with Crippen molar-refractivity contribution in [3.8, 4) is 45.3 Å². The second kappa shape index (κ2) is 11.0. The minimum absolute atomic E-state index is 0.564. The third-order valence-corrected chi connectivity index (χ3v) is 13.1. The zero-order valence-electron chi connectivity index (χ0n) is 29.8. The van der Waals surface area contributed by atoms with Crippen molar-refractivity contribution in [1.82, 2.24) is 9.97 Å². The van der Waals surface area contributed by atoms with Crippen LogP contribution < -0.4 is 4.74 Å². The van der Waals surface area contributed by atoms with Crippen molar-refractivity contribution in [3.63, 3.8) is 0 Å². The Labute approximate surface area is 324 Å². The summed E-state index contributed by atoms with van der Waals surface area (Å²) < 4.78 is 15.1. The van der Waals surface area contributed by atoms with Crippen LogP contribution in [0.1, 0.15) is 22.3 Å². The van der Waals surface area contributed by atoms with Gasteiger partial charge in [0, 0.05) is 43.1 Å². The third-order valence-electron chi connectivity index (χ3n) is 11.9. The lowest BCUT2D eigenvalue weighted by Gasteiger charge is -2.39. The van der Waals surface area contributed by atoms with Gasteiger partial charge in [-0.3, -0.25) is 0 Å². The smallest absolute Gasteiger partial charge is 0.160 e. The molecule has 0 atom stereocenters. The predicted octanol–water partition coefficient (Wildman–Crippen LogP) is 13.7. The minimum atomic E-state index is -0.564. The summed E-state index contributed by atoms with van der Waals surface area (Å²) in [4.78, 5) is 10.8. The number of ether oxygens (including phenoxy) is 1. The number of furan rings is 1. The van der Waals surface area contributed by atoms with Crippen LogP contribution >= 0.6 is 11.3 Å². The number of nitrogens with zero attached hydrogens (tertiary/aromatic N) is 2. The lowest BCUT2D eigenvalue weighted by Crippen LogP contribution is -2.32. The van der Waals surface area contributed by atoms with Gasteiger partial charge in [-0.05, 0) is 93.7 Å². The first-order chi connectivity index (χ1) is 27.7. The predicted molar refractivity (Wildman–Crippen MR) is 228 cm³/mol. The highest BCUT2D eigenvalue weighted by Crippen LogP contribution is 2.63. The summed E-state index contributed by atoms with van der Waals surface area (Å²) in [6.07, 6.45) is 0. The molecule has 0 amide bonds. The largest absolute Gasteiger partial charge is 0.457 e. The summed E-state index contributed by atoms with van der Waals surface area (Å²) in [5.74, 6) is 2.47. The summed E-state index contributed by atoms with van der Waals surface area (Å²) in [5, 5.41) is 5.71. The van der Waals surface area contributed by atoms with Crippen LogP contribution in [0.15, 0.2) is 174 Å². The number of rotatable bonds is 2. The molecule has 1 spiro atoms. The maximum atomic E-state index is 6.63. The number of thiophene rings is 1. The van der Waals surface area contributed by atoms with E-state index in [4.69, 9.17) is 19.1 Å². The highest BCUT2D eigenvalue weighted by atomic mass is 32.1. The SMILES string of the molecule is c1ccc2c(c1)Oc1ccccc1C21c2ccc(-c3nc(-c4ccc5oc6ccccc6c5c4)nc4c3sc3ccccc34)cc2-c2cc3ccccc3cc21. The fraction of sp³-hybridized carbons (Fsp3) is 0.0196. The van der Waals surface area contributed by atoms with Gasteiger partial charge in [-0.25, -0.2) is 9.97 Å². The molecule has 8 aromatic carbocycles. The number of hydrogen-bond donors (Lipinski definition) is 0. The van der Waals surface area contributed by atoms with E-state index in [1.807, 2.05) is 18.2 Å². The average molecular weight is 733 g/mol. The molecule has 5 heteroatoms. The molecule has 260 valence electrons. The van der Waals surface area contributed by atoms with Crippen molar-refractivity contribution in [2.45, 2.75) is 5.41 Å². The van der Waals surface area contributed by atoms with Gasteiger partial charge in [0.05, 0.1) is 21.3 Å². The molecule has 0 N–H and O–H groups in total. The number of aromatic nitrogens is 2. The molecule has 4 heterocycles. The summed E-state index contributed by atoms with van der Waals surface area (Å²) in [6, 6.07) is 60.6. The van der Waals surface area contributed by atoms with Crippen LogP contribution in [-0.4, -0.2) is 9.97 Å². The molecule has 0 saturated carbocycles. The van der Waals surface area contributed by atoms with Crippen LogP contribution in [0.4, 0.5) is 0 Å². The number of hydrogen-bond acceptors (Lipinski definition) is 5. The van der Waals surface area contributed by atoms with E-state index in [1.54, 1.807) is 11.3 Å². The minimum Gasteiger partial charge on any atom is -0.457 e. The molecule has 4 nitrogen and oxygen atoms in total. The molecule has 0 radical (unpaired) electrons. The van der Waals surface area contributed by atoms with E-state index < -0.39 is 5.41 Å². The van der Waals surface area contributed by atoms with Gasteiger partial charge >= 0.3 is 0 Å². The van der Waals surface area contributed by atoms with Gasteiger partial charge in [-0.1, -0.05) is 109 Å². The van der Waals surface area contributed by atoms with Gasteiger partial charge in [-0.2, -0.15) is 0 Å². The number of benzene rings is 8. The molecule has 0 saturated heterocycles. The van der Waals surface area contributed by atoms with E-state index in [-0.39, 0.29) is 0 Å². The average Bonchev–Trinajstić information content (AvgIpc) is 3.91. The normalized spacial score (nSPS) is 13.6. The third kappa shape index (κ3) is 3.97. The summed E-state index contributed by atoms with van der Waals surface area (Å²) in [5.41, 5.74) is 12.3. The molecule has 0 bridgehead atoms. The van der Waals surface area contributed by atoms with Gasteiger partial charge in [0.25, 0.3) is 0 Å². The first kappa shape index (κ1) is 30.3. The van der Waals surface area contributed by atoms with E-state index in [2.05, 4.69) is 152 Å². The van der Waals surface area contributed by atoms with Crippen LogP contribution in [0.3, 0.4) is 0 Å². The second-order valence-corrected chi connectivity index (χ2v) is 15.9. The lowest BCUT2D eigenvalue weighted by molar-refractivity contribution is 0.436. The van der Waals surface area contributed by atoms with Crippen LogP contribution in [0, 0.1) is 0 Å². The maximum Gasteiger partial charge on any atom is 0.160 e. The quantitative estimate of drug-likeness (QED) is 0.178. The molecule has 1 aliphatic carbocycles. The van der Waals surface area contributed by atoms with E-state index >= 15 is 0 Å². The van der Waals surface area contributed by atoms with Gasteiger partial charge in [-0.15, -0.1) is 11.3 Å². The Bertz CT molecular complexity index is 3440. The molecule has 3 aromatic heterocycles. The van der Waals surface area contributed by atoms with E-state index in [1.165, 1.54) is 37.7 Å². The molecule has 0 fully saturated rings. The molecule has 56 heavy (non-hydrogen) atoms. The molecule has 13 rings (SSSR count). The molecular formula is C51H28N2O2S. The van der Waals surface area contributed by atoms with Gasteiger partial charge in [0.15, 0.2) is 5.82 Å². The van der Waals surface area contributed by atoms with Gasteiger partial charge in [0.1, 0.15) is 22.7 Å². The van der Waals surface area contributed by atoms with Gasteiger partial charge < -0.3 is 9.15 Å². The van der Waals surface area contributed by atoms with E-state index in [9.17, 15) is 0 Å². The second-order valence-electron chi connectivity index (χ2n) is 14.8. The number of fused-ring (bicyclic) bond motifs is 16. The Kier molecular flexibility index (Phi) is 5.95. The summed E-state index contributed by atoms with van der Waals surface area (Å²) in [6.45, 7) is 0. The topological polar surface area (TPSA) is 48.2 Å². The highest BCUT2D eigenvalue weighted by molar-refractivity contribution is 7.26. The molecule has 2 aliphatic rings. The fourth-order valence-electron chi connectivity index (χ4n) is 9.52. The lowest BCUT2D eigenvalue weighted by atomic mass is 9.66. The molecule has 0 unspecified atom stereocenters. The van der Waals surface area contributed by atoms with Crippen LogP contribution in [-0.2, 0) is 5.41 Å². The van der Waals surface area contributed by atoms with Crippen molar-refractivity contribution in [2.75, 3.05) is 0 Å². The van der Waals surface area contributed by atoms with Crippen molar-refractivity contribution < 1.29 is 9.15 Å². The Morgan fingerprint density at radius 2 is 1.12 bits per heavy atom. The fourth-order valence-corrected chi connectivity index (χ4v) is 10.7. The summed E-state index contributed by atoms with van der Waals surface area (Å²) in [7, 11) is 0. The van der Waals surface area contributed by atoms with Crippen LogP contribution in [0.5, 0.6) is 11.5 Å². The zero-order valence-corrected chi connectivity index (χ0v) is 30.6. The van der Waals surface area contributed by atoms with Crippen LogP contribution in [0.2, 0.25) is 0 Å². The summed E-state index contributed by atoms with van der Waals surface area (Å²) >= 11 is 1.76. The first-order valence-electron chi connectivity index (χ1n) is 18.9. The molecule has 1 aliphatic heterocycles. The Morgan fingerprint density at radius 1 is 0.464 bits per heavy atom. The van der Waals surface area contributed by atoms with Crippen molar-refractivity contribution >= 4 is 64.4 Å². The monoisotopic (exact) mass is 732 g/mol. The zero-order chi connectivity index (χ0) is 36.5. The molecular weight excluding hydrogens is 705 g/mol. The number of para-hydroxylation sites is 3. The van der Waals surface area contributed by atoms with Crippen molar-refractivity contribution in [1.29, 1.82) is 0 Å². The Morgan fingerprint density at radius 3 is 1.96 bits per heavy atom. The standard InChI is InChI=1S/C51H28N2O2S/c1-2-12-30-28-41-36(25-29(30)11-1)35-26-31(21-23-38(35)51(41)39-15-5-8-18-44(39)55-45-19-9-6-16-40(45)51)47-49-48(34-14-4-10-20-46(34)56-49)53-50(52-47)32-22-24-43-37(27-32)33-13-3-7-17-42(33)54-43/h1-28H. The Balaban J connectivity index is 1.10. The first-order valence-corrected chi connectivity index (χ1v) is 19.7. The van der Waals surface area contributed by atoms with Crippen molar-refractivity contribution in [3.05, 3.63) is 192 Å². The van der Waals surface area contributed by atoms with Crippen molar-refractivity contribution in [2.24, 2.45) is 0 Å². The maximum absolute atomic E-state index is 6.63. The molecule has 11 aromatic rings. The highest BCUT2D eigenvalue weighted by Gasteiger charge is 2.51. The Hall–Kier alpha value is -7.08. The van der Waals surface area contributed by atoms with Gasteiger partial charge in [0.2, 0.25) is 0 Å². The van der Waals surface area contributed by atoms with E-state index in [0.29, 0.717) is 5.82 Å².